The summed E-state index contributed by atoms with van der Waals surface area (Å²) in [6.45, 7) is 5.57. The molecule has 5 heteroatoms. The second-order valence-corrected chi connectivity index (χ2v) is 5.10. The quantitative estimate of drug-likeness (QED) is 0.527. The molecule has 0 bridgehead atoms. The van der Waals surface area contributed by atoms with Crippen LogP contribution in [0.1, 0.15) is 27.2 Å². The van der Waals surface area contributed by atoms with Crippen LogP contribution in [0, 0.1) is 11.3 Å². The summed E-state index contributed by atoms with van der Waals surface area (Å²) < 4.78 is 5.11. The summed E-state index contributed by atoms with van der Waals surface area (Å²) in [5, 5.41) is 38.1. The van der Waals surface area contributed by atoms with E-state index in [0.29, 0.717) is 0 Å². The highest BCUT2D eigenvalue weighted by atomic mass is 16.6. The van der Waals surface area contributed by atoms with Crippen molar-refractivity contribution in [2.45, 2.75) is 51.8 Å². The van der Waals surface area contributed by atoms with Gasteiger partial charge in [-0.05, 0) is 5.41 Å². The molecule has 0 saturated carbocycles. The Balaban J connectivity index is 2.94. The summed E-state index contributed by atoms with van der Waals surface area (Å²) in [6, 6.07) is 0. The van der Waals surface area contributed by atoms with Gasteiger partial charge in [-0.3, -0.25) is 0 Å². The second-order valence-electron chi connectivity index (χ2n) is 5.10. The van der Waals surface area contributed by atoms with Gasteiger partial charge in [-0.15, -0.1) is 0 Å². The second kappa shape index (κ2) is 4.98. The predicted octanol–water partition coefficient (Wildman–Crippen LogP) is -0.530. The zero-order chi connectivity index (χ0) is 12.5. The van der Waals surface area contributed by atoms with E-state index in [1.165, 1.54) is 0 Å². The molecule has 0 aromatic carbocycles. The van der Waals surface area contributed by atoms with Gasteiger partial charge in [0.05, 0.1) is 18.8 Å². The molecule has 5 unspecified atom stereocenters. The van der Waals surface area contributed by atoms with Crippen molar-refractivity contribution in [1.29, 1.82) is 0 Å². The third-order valence-electron chi connectivity index (χ3n) is 3.72. The van der Waals surface area contributed by atoms with E-state index in [1.54, 1.807) is 0 Å². The van der Waals surface area contributed by atoms with Gasteiger partial charge in [0.2, 0.25) is 0 Å². The largest absolute Gasteiger partial charge is 0.394 e. The van der Waals surface area contributed by atoms with Crippen LogP contribution in [0.4, 0.5) is 0 Å². The zero-order valence-electron chi connectivity index (χ0n) is 10.00. The lowest BCUT2D eigenvalue weighted by molar-refractivity contribution is -0.288. The average molecular weight is 234 g/mol. The number of hydrogen-bond donors (Lipinski definition) is 4. The van der Waals surface area contributed by atoms with Gasteiger partial charge >= 0.3 is 0 Å². The molecule has 1 rings (SSSR count). The summed E-state index contributed by atoms with van der Waals surface area (Å²) in [7, 11) is 0. The summed E-state index contributed by atoms with van der Waals surface area (Å²) in [4.78, 5) is 0. The molecule has 1 fully saturated rings. The highest BCUT2D eigenvalue weighted by Crippen LogP contribution is 2.40. The van der Waals surface area contributed by atoms with Crippen LogP contribution in [0.15, 0.2) is 0 Å². The third-order valence-corrected chi connectivity index (χ3v) is 3.72. The maximum Gasteiger partial charge on any atom is 0.183 e. The highest BCUT2D eigenvalue weighted by molar-refractivity contribution is 4.95. The Kier molecular flexibility index (Phi) is 4.31. The fourth-order valence-electron chi connectivity index (χ4n) is 2.30. The van der Waals surface area contributed by atoms with Crippen molar-refractivity contribution in [3.63, 3.8) is 0 Å². The van der Waals surface area contributed by atoms with Gasteiger partial charge in [0.1, 0.15) is 6.10 Å². The van der Waals surface area contributed by atoms with E-state index >= 15 is 0 Å². The minimum Gasteiger partial charge on any atom is -0.394 e. The summed E-state index contributed by atoms with van der Waals surface area (Å²) in [5.41, 5.74) is -0.284. The van der Waals surface area contributed by atoms with Gasteiger partial charge in [0.15, 0.2) is 6.29 Å². The number of rotatable bonds is 3. The van der Waals surface area contributed by atoms with Crippen molar-refractivity contribution >= 4 is 0 Å². The van der Waals surface area contributed by atoms with Crippen LogP contribution in [0.3, 0.4) is 0 Å². The Labute approximate surface area is 95.7 Å². The van der Waals surface area contributed by atoms with Crippen LogP contribution >= 0.6 is 0 Å². The molecule has 4 N–H and O–H groups in total. The summed E-state index contributed by atoms with van der Waals surface area (Å²) in [5.74, 6) is -0.402. The van der Waals surface area contributed by atoms with Crippen molar-refractivity contribution in [3.8, 4) is 0 Å². The maximum absolute atomic E-state index is 9.98. The van der Waals surface area contributed by atoms with E-state index in [9.17, 15) is 20.4 Å². The molecule has 0 amide bonds. The van der Waals surface area contributed by atoms with E-state index in [2.05, 4.69) is 0 Å². The molecule has 1 heterocycles. The smallest absolute Gasteiger partial charge is 0.183 e. The summed E-state index contributed by atoms with van der Waals surface area (Å²) in [6.07, 6.45) is -3.72. The molecule has 0 radical (unpaired) electrons. The Hall–Kier alpha value is -0.200. The first-order chi connectivity index (χ1) is 7.35. The normalized spacial score (nSPS) is 41.1. The fourth-order valence-corrected chi connectivity index (χ4v) is 2.30. The molecule has 0 spiro atoms. The zero-order valence-corrected chi connectivity index (χ0v) is 10.00. The van der Waals surface area contributed by atoms with Crippen LogP contribution < -0.4 is 0 Å². The van der Waals surface area contributed by atoms with Gasteiger partial charge in [-0.2, -0.15) is 0 Å². The number of ether oxygens (including phenoxy) is 1. The van der Waals surface area contributed by atoms with Crippen LogP contribution in [0.5, 0.6) is 0 Å². The SMILES string of the molecule is CCC(C)(C)C1C(CO)OC(O)C(O)C1O. The van der Waals surface area contributed by atoms with Crippen molar-refractivity contribution in [2.75, 3.05) is 6.61 Å². The number of hydrogen-bond acceptors (Lipinski definition) is 5. The van der Waals surface area contributed by atoms with E-state index in [1.807, 2.05) is 20.8 Å². The van der Waals surface area contributed by atoms with E-state index < -0.39 is 30.5 Å². The molecule has 0 aromatic heterocycles. The molecule has 5 atom stereocenters. The van der Waals surface area contributed by atoms with Crippen molar-refractivity contribution < 1.29 is 25.2 Å². The first-order valence-electron chi connectivity index (χ1n) is 5.65. The molecule has 1 aliphatic heterocycles. The Morgan fingerprint density at radius 1 is 1.12 bits per heavy atom. The standard InChI is InChI=1S/C11H22O5/c1-4-11(2,3)7-6(5-12)16-10(15)9(14)8(7)13/h6-10,12-15H,4-5H2,1-3H3. The molecule has 1 saturated heterocycles. The molecule has 0 aromatic rings. The van der Waals surface area contributed by atoms with Crippen molar-refractivity contribution in [3.05, 3.63) is 0 Å². The molecule has 16 heavy (non-hydrogen) atoms. The van der Waals surface area contributed by atoms with E-state index in [-0.39, 0.29) is 12.0 Å². The van der Waals surface area contributed by atoms with E-state index in [0.717, 1.165) is 6.42 Å². The van der Waals surface area contributed by atoms with Crippen molar-refractivity contribution in [1.82, 2.24) is 0 Å². The van der Waals surface area contributed by atoms with Crippen molar-refractivity contribution in [2.24, 2.45) is 11.3 Å². The molecule has 0 aliphatic carbocycles. The third kappa shape index (κ3) is 2.38. The molecular weight excluding hydrogens is 212 g/mol. The fraction of sp³-hybridized carbons (Fsp3) is 1.00. The first-order valence-corrected chi connectivity index (χ1v) is 5.65. The maximum atomic E-state index is 9.98. The van der Waals surface area contributed by atoms with Crippen LogP contribution in [-0.2, 0) is 4.74 Å². The molecule has 5 nitrogen and oxygen atoms in total. The average Bonchev–Trinajstić information content (AvgIpc) is 2.24. The van der Waals surface area contributed by atoms with Crippen LogP contribution in [0.2, 0.25) is 0 Å². The number of aliphatic hydroxyl groups excluding tert-OH is 4. The number of aliphatic hydroxyl groups is 4. The van der Waals surface area contributed by atoms with Gasteiger partial charge in [0.25, 0.3) is 0 Å². The predicted molar refractivity (Wildman–Crippen MR) is 57.5 cm³/mol. The van der Waals surface area contributed by atoms with Crippen LogP contribution in [0.25, 0.3) is 0 Å². The molecular formula is C11H22O5. The lowest BCUT2D eigenvalue weighted by Crippen LogP contribution is -2.59. The lowest BCUT2D eigenvalue weighted by atomic mass is 9.69. The van der Waals surface area contributed by atoms with Gasteiger partial charge in [-0.25, -0.2) is 0 Å². The Morgan fingerprint density at radius 2 is 1.69 bits per heavy atom. The minimum atomic E-state index is -1.43. The highest BCUT2D eigenvalue weighted by Gasteiger charge is 2.49. The van der Waals surface area contributed by atoms with Gasteiger partial charge in [0, 0.05) is 5.92 Å². The minimum absolute atomic E-state index is 0.283. The monoisotopic (exact) mass is 234 g/mol. The lowest BCUT2D eigenvalue weighted by Gasteiger charge is -2.47. The topological polar surface area (TPSA) is 90.2 Å². The Morgan fingerprint density at radius 3 is 2.12 bits per heavy atom. The first kappa shape index (κ1) is 13.9. The van der Waals surface area contributed by atoms with Crippen LogP contribution in [-0.4, -0.2) is 51.6 Å². The van der Waals surface area contributed by atoms with E-state index in [4.69, 9.17) is 4.74 Å². The summed E-state index contributed by atoms with van der Waals surface area (Å²) >= 11 is 0. The van der Waals surface area contributed by atoms with Gasteiger partial charge in [-0.1, -0.05) is 27.2 Å². The molecule has 1 aliphatic rings. The van der Waals surface area contributed by atoms with Gasteiger partial charge < -0.3 is 25.2 Å². The molecule has 96 valence electrons. The Bertz CT molecular complexity index is 228.